The molecule has 0 saturated heterocycles. The number of hydrogen-bond acceptors (Lipinski definition) is 3. The monoisotopic (exact) mass is 424 g/mol. The Morgan fingerprint density at radius 2 is 1.71 bits per heavy atom. The van der Waals surface area contributed by atoms with Gasteiger partial charge in [0.25, 0.3) is 5.91 Å². The fraction of sp³-hybridized carbons (Fsp3) is 0.167. The van der Waals surface area contributed by atoms with Crippen molar-refractivity contribution in [3.05, 3.63) is 107 Å². The zero-order valence-corrected chi connectivity index (χ0v) is 16.5. The van der Waals surface area contributed by atoms with Crippen molar-refractivity contribution >= 4 is 11.6 Å². The molecule has 1 aliphatic heterocycles. The molecule has 3 aromatic rings. The van der Waals surface area contributed by atoms with Crippen LogP contribution in [0.1, 0.15) is 27.9 Å². The molecule has 31 heavy (non-hydrogen) atoms. The molecule has 1 amide bonds. The lowest BCUT2D eigenvalue weighted by Crippen LogP contribution is -2.37. The number of hydrogen-bond donors (Lipinski definition) is 0. The Morgan fingerprint density at radius 3 is 2.45 bits per heavy atom. The highest BCUT2D eigenvalue weighted by molar-refractivity contribution is 6.01. The van der Waals surface area contributed by atoms with E-state index in [0.717, 1.165) is 0 Å². The molecule has 1 atom stereocenters. The van der Waals surface area contributed by atoms with E-state index in [0.29, 0.717) is 16.8 Å². The molecule has 0 spiro atoms. The van der Waals surface area contributed by atoms with Crippen LogP contribution >= 0.6 is 0 Å². The summed E-state index contributed by atoms with van der Waals surface area (Å²) in [4.78, 5) is 19.9. The molecule has 1 aliphatic rings. The molecule has 0 radical (unpaired) electrons. The summed E-state index contributed by atoms with van der Waals surface area (Å²) in [6.07, 6.45) is -0.260. The number of amides is 1. The van der Waals surface area contributed by atoms with E-state index in [-0.39, 0.29) is 25.1 Å². The van der Waals surface area contributed by atoms with Gasteiger partial charge in [-0.05, 0) is 35.9 Å². The normalized spacial score (nSPS) is 15.3. The molecule has 1 unspecified atom stereocenters. The quantitative estimate of drug-likeness (QED) is 0.563. The number of carbonyl (C=O) groups excluding carboxylic acids is 1. The van der Waals surface area contributed by atoms with Crippen molar-refractivity contribution in [1.29, 1.82) is 0 Å². The predicted octanol–water partition coefficient (Wildman–Crippen LogP) is 4.94. The van der Waals surface area contributed by atoms with Crippen LogP contribution in [-0.2, 0) is 11.4 Å². The highest BCUT2D eigenvalue weighted by Gasteiger charge is 2.29. The lowest BCUT2D eigenvalue weighted by molar-refractivity contribution is 0.0402. The Balaban J connectivity index is 1.54. The van der Waals surface area contributed by atoms with E-state index in [9.17, 15) is 18.0 Å². The van der Waals surface area contributed by atoms with Crippen LogP contribution in [0.2, 0.25) is 0 Å². The standard InChI is InChI=1S/C24H19F3N2O2/c25-17-7-5-6-16(12-17)14-29(24(30)20-9-2-4-11-22(20)27)15-18-13-23(28-31-18)19-8-1-3-10-21(19)26/h1-12,18H,13-15H2. The maximum absolute atomic E-state index is 14.2. The lowest BCUT2D eigenvalue weighted by atomic mass is 10.0. The van der Waals surface area contributed by atoms with Gasteiger partial charge in [-0.15, -0.1) is 0 Å². The van der Waals surface area contributed by atoms with E-state index in [1.54, 1.807) is 36.4 Å². The minimum Gasteiger partial charge on any atom is -0.390 e. The number of nitrogens with zero attached hydrogens (tertiary/aromatic N) is 2. The largest absolute Gasteiger partial charge is 0.390 e. The van der Waals surface area contributed by atoms with Crippen LogP contribution in [0.4, 0.5) is 13.2 Å². The molecule has 4 rings (SSSR count). The summed E-state index contributed by atoms with van der Waals surface area (Å²) in [5.74, 6) is -2.04. The molecule has 0 N–H and O–H groups in total. The second kappa shape index (κ2) is 9.04. The number of carbonyl (C=O) groups is 1. The Hall–Kier alpha value is -3.61. The van der Waals surface area contributed by atoms with E-state index < -0.39 is 29.5 Å². The fourth-order valence-corrected chi connectivity index (χ4v) is 3.51. The van der Waals surface area contributed by atoms with Gasteiger partial charge in [-0.2, -0.15) is 0 Å². The van der Waals surface area contributed by atoms with E-state index in [1.807, 2.05) is 0 Å². The number of rotatable bonds is 6. The highest BCUT2D eigenvalue weighted by Crippen LogP contribution is 2.22. The van der Waals surface area contributed by atoms with E-state index in [4.69, 9.17) is 4.84 Å². The second-order valence-electron chi connectivity index (χ2n) is 7.24. The maximum atomic E-state index is 14.2. The minimum absolute atomic E-state index is 0.0554. The van der Waals surface area contributed by atoms with Crippen LogP contribution in [0.3, 0.4) is 0 Å². The summed E-state index contributed by atoms with van der Waals surface area (Å²) in [7, 11) is 0. The van der Waals surface area contributed by atoms with Crippen LogP contribution in [0.5, 0.6) is 0 Å². The van der Waals surface area contributed by atoms with Gasteiger partial charge in [-0.25, -0.2) is 13.2 Å². The summed E-state index contributed by atoms with van der Waals surface area (Å²) in [5, 5.41) is 3.98. The van der Waals surface area contributed by atoms with Crippen LogP contribution in [0.25, 0.3) is 0 Å². The number of benzene rings is 3. The third-order valence-corrected chi connectivity index (χ3v) is 5.00. The SMILES string of the molecule is O=C(c1ccccc1F)N(Cc1cccc(F)c1)CC1CC(c2ccccc2F)=NO1. The first-order valence-corrected chi connectivity index (χ1v) is 9.77. The Kier molecular flexibility index (Phi) is 6.02. The molecule has 3 aromatic carbocycles. The first kappa shape index (κ1) is 20.7. The Bertz CT molecular complexity index is 1130. The molecule has 0 fully saturated rings. The van der Waals surface area contributed by atoms with Gasteiger partial charge in [-0.1, -0.05) is 47.6 Å². The summed E-state index contributed by atoms with van der Waals surface area (Å²) >= 11 is 0. The van der Waals surface area contributed by atoms with Crippen molar-refractivity contribution in [3.8, 4) is 0 Å². The van der Waals surface area contributed by atoms with Gasteiger partial charge in [0, 0.05) is 18.5 Å². The van der Waals surface area contributed by atoms with Crippen molar-refractivity contribution in [2.24, 2.45) is 5.16 Å². The van der Waals surface area contributed by atoms with Gasteiger partial charge in [0.1, 0.15) is 17.5 Å². The zero-order chi connectivity index (χ0) is 21.8. The maximum Gasteiger partial charge on any atom is 0.257 e. The van der Waals surface area contributed by atoms with Gasteiger partial charge < -0.3 is 9.74 Å². The van der Waals surface area contributed by atoms with Crippen molar-refractivity contribution < 1.29 is 22.8 Å². The highest BCUT2D eigenvalue weighted by atomic mass is 19.1. The van der Waals surface area contributed by atoms with Crippen LogP contribution in [0.15, 0.2) is 78.0 Å². The summed E-state index contributed by atoms with van der Waals surface area (Å²) in [6, 6.07) is 17.7. The fourth-order valence-electron chi connectivity index (χ4n) is 3.51. The Labute approximate surface area is 177 Å². The second-order valence-corrected chi connectivity index (χ2v) is 7.24. The average Bonchev–Trinajstić information content (AvgIpc) is 3.22. The molecule has 0 bridgehead atoms. The predicted molar refractivity (Wildman–Crippen MR) is 110 cm³/mol. The molecular formula is C24H19F3N2O2. The smallest absolute Gasteiger partial charge is 0.257 e. The van der Waals surface area contributed by atoms with Gasteiger partial charge in [0.05, 0.1) is 17.8 Å². The van der Waals surface area contributed by atoms with Crippen LogP contribution in [0, 0.1) is 17.5 Å². The Morgan fingerprint density at radius 1 is 0.968 bits per heavy atom. The topological polar surface area (TPSA) is 41.9 Å². The molecule has 0 saturated carbocycles. The third-order valence-electron chi connectivity index (χ3n) is 5.00. The van der Waals surface area contributed by atoms with Crippen molar-refractivity contribution in [1.82, 2.24) is 4.90 Å². The van der Waals surface area contributed by atoms with E-state index in [1.165, 1.54) is 41.3 Å². The molecule has 4 nitrogen and oxygen atoms in total. The van der Waals surface area contributed by atoms with Gasteiger partial charge in [0.2, 0.25) is 0 Å². The zero-order valence-electron chi connectivity index (χ0n) is 16.5. The van der Waals surface area contributed by atoms with Crippen LogP contribution in [-0.4, -0.2) is 29.2 Å². The molecular weight excluding hydrogens is 405 g/mol. The minimum atomic E-state index is -0.646. The summed E-state index contributed by atoms with van der Waals surface area (Å²) < 4.78 is 42.0. The van der Waals surface area contributed by atoms with Gasteiger partial charge in [-0.3, -0.25) is 4.79 Å². The van der Waals surface area contributed by atoms with Gasteiger partial charge in [0.15, 0.2) is 6.10 Å². The molecule has 1 heterocycles. The molecule has 0 aliphatic carbocycles. The summed E-state index contributed by atoms with van der Waals surface area (Å²) in [5.41, 5.74) is 1.24. The van der Waals surface area contributed by atoms with E-state index in [2.05, 4.69) is 5.16 Å². The molecule has 158 valence electrons. The lowest BCUT2D eigenvalue weighted by Gasteiger charge is -2.25. The molecule has 0 aromatic heterocycles. The van der Waals surface area contributed by atoms with Gasteiger partial charge >= 0.3 is 0 Å². The summed E-state index contributed by atoms with van der Waals surface area (Å²) in [6.45, 7) is 0.130. The first-order valence-electron chi connectivity index (χ1n) is 9.77. The van der Waals surface area contributed by atoms with Crippen LogP contribution < -0.4 is 0 Å². The number of halogens is 3. The van der Waals surface area contributed by atoms with Crippen molar-refractivity contribution in [3.63, 3.8) is 0 Å². The first-order chi connectivity index (χ1) is 15.0. The number of oxime groups is 1. The molecule has 7 heteroatoms. The average molecular weight is 424 g/mol. The van der Waals surface area contributed by atoms with Crippen molar-refractivity contribution in [2.45, 2.75) is 19.1 Å². The third kappa shape index (κ3) is 4.77. The van der Waals surface area contributed by atoms with Crippen molar-refractivity contribution in [2.75, 3.05) is 6.54 Å². The van der Waals surface area contributed by atoms with E-state index >= 15 is 0 Å².